The zero-order valence-electron chi connectivity index (χ0n) is 22.0. The minimum Gasteiger partial charge on any atom is -0.395 e. The number of rotatable bonds is 10. The summed E-state index contributed by atoms with van der Waals surface area (Å²) in [5, 5.41) is 62.7. The normalized spacial score (nSPS) is 26.6. The quantitative estimate of drug-likeness (QED) is 0.299. The maximum absolute atomic E-state index is 11.0. The fraction of sp³-hybridized carbons (Fsp3) is 0.552. The van der Waals surface area contributed by atoms with Crippen LogP contribution in [-0.2, 0) is 5.41 Å². The van der Waals surface area contributed by atoms with Gasteiger partial charge in [0, 0.05) is 34.6 Å². The van der Waals surface area contributed by atoms with E-state index in [0.717, 1.165) is 11.1 Å². The van der Waals surface area contributed by atoms with Gasteiger partial charge in [0.15, 0.2) is 0 Å². The van der Waals surface area contributed by atoms with Crippen LogP contribution in [0.2, 0.25) is 10.0 Å². The highest BCUT2D eigenvalue weighted by molar-refractivity contribution is 6.30. The van der Waals surface area contributed by atoms with Crippen molar-refractivity contribution in [2.75, 3.05) is 19.8 Å². The Morgan fingerprint density at radius 2 is 1.66 bits per heavy atom. The first-order valence-electron chi connectivity index (χ1n) is 12.8. The van der Waals surface area contributed by atoms with E-state index in [2.05, 4.69) is 31.7 Å². The largest absolute Gasteiger partial charge is 0.395 e. The molecule has 1 fully saturated rings. The summed E-state index contributed by atoms with van der Waals surface area (Å²) in [6.07, 6.45) is -3.68. The second-order valence-corrected chi connectivity index (χ2v) is 12.3. The van der Waals surface area contributed by atoms with Crippen LogP contribution >= 0.6 is 23.2 Å². The second-order valence-electron chi connectivity index (χ2n) is 11.4. The first-order valence-corrected chi connectivity index (χ1v) is 13.6. The van der Waals surface area contributed by atoms with Crippen LogP contribution in [0.5, 0.6) is 0 Å². The van der Waals surface area contributed by atoms with Crippen LogP contribution < -0.4 is 0 Å². The van der Waals surface area contributed by atoms with Crippen molar-refractivity contribution in [2.24, 2.45) is 5.41 Å². The molecule has 38 heavy (non-hydrogen) atoms. The molecule has 0 bridgehead atoms. The molecule has 0 spiro atoms. The number of halogens is 2. The number of aliphatic hydroxyl groups is 5. The van der Waals surface area contributed by atoms with E-state index in [9.17, 15) is 30.8 Å². The lowest BCUT2D eigenvalue weighted by Crippen LogP contribution is -2.48. The summed E-state index contributed by atoms with van der Waals surface area (Å²) < 4.78 is 0. The second kappa shape index (κ2) is 12.6. The van der Waals surface area contributed by atoms with Crippen LogP contribution in [-0.4, -0.2) is 80.6 Å². The van der Waals surface area contributed by atoms with Crippen LogP contribution in [0.4, 0.5) is 0 Å². The average Bonchev–Trinajstić information content (AvgIpc) is 3.14. The van der Waals surface area contributed by atoms with E-state index < -0.39 is 42.3 Å². The number of hydrogen-bond acceptors (Lipinski definition) is 7. The summed E-state index contributed by atoms with van der Waals surface area (Å²) in [4.78, 5) is 2.05. The first kappa shape index (κ1) is 30.8. The molecule has 1 aliphatic heterocycles. The van der Waals surface area contributed by atoms with Crippen molar-refractivity contribution >= 4 is 23.2 Å². The number of aliphatic hydroxyl groups excluding tert-OH is 5. The van der Waals surface area contributed by atoms with E-state index in [4.69, 9.17) is 23.2 Å². The van der Waals surface area contributed by atoms with E-state index in [0.29, 0.717) is 16.5 Å². The van der Waals surface area contributed by atoms with Crippen LogP contribution in [0.25, 0.3) is 0 Å². The van der Waals surface area contributed by atoms with Gasteiger partial charge in [0.05, 0.1) is 25.4 Å². The van der Waals surface area contributed by atoms with Gasteiger partial charge >= 0.3 is 0 Å². The molecule has 208 valence electrons. The SMILES string of the molecule is CC(C)(C)C[C@@H]1N(CCC(O)[C@H](O)[C@H](O)CO)[C@@H](CO)[C@H](c2cccc(Cl)c2)[C@@]1(C#N)c1ccc(Cl)cc1. The van der Waals surface area contributed by atoms with Gasteiger partial charge in [0.2, 0.25) is 0 Å². The zero-order chi connectivity index (χ0) is 28.3. The fourth-order valence-electron chi connectivity index (χ4n) is 5.89. The molecule has 2 aromatic carbocycles. The van der Waals surface area contributed by atoms with Crippen molar-refractivity contribution in [1.29, 1.82) is 5.26 Å². The fourth-order valence-corrected chi connectivity index (χ4v) is 6.22. The molecule has 1 aliphatic rings. The highest BCUT2D eigenvalue weighted by atomic mass is 35.5. The summed E-state index contributed by atoms with van der Waals surface area (Å²) in [5.74, 6) is -0.477. The zero-order valence-corrected chi connectivity index (χ0v) is 23.5. The predicted molar refractivity (Wildman–Crippen MR) is 148 cm³/mol. The number of hydrogen-bond donors (Lipinski definition) is 5. The lowest BCUT2D eigenvalue weighted by molar-refractivity contribution is -0.0815. The molecule has 1 heterocycles. The summed E-state index contributed by atoms with van der Waals surface area (Å²) in [7, 11) is 0. The van der Waals surface area contributed by atoms with Crippen LogP contribution in [0.3, 0.4) is 0 Å². The number of benzene rings is 2. The molecule has 5 N–H and O–H groups in total. The van der Waals surface area contributed by atoms with E-state index in [1.54, 1.807) is 18.2 Å². The molecule has 1 unspecified atom stereocenters. The van der Waals surface area contributed by atoms with Gasteiger partial charge in [-0.25, -0.2) is 0 Å². The minimum absolute atomic E-state index is 0.0553. The lowest BCUT2D eigenvalue weighted by Gasteiger charge is -2.40. The van der Waals surface area contributed by atoms with E-state index in [-0.39, 0.29) is 31.0 Å². The summed E-state index contributed by atoms with van der Waals surface area (Å²) >= 11 is 12.6. The van der Waals surface area contributed by atoms with Crippen LogP contribution in [0.15, 0.2) is 48.5 Å². The Bertz CT molecular complexity index is 1100. The van der Waals surface area contributed by atoms with Gasteiger partial charge < -0.3 is 25.5 Å². The standard InChI is InChI=1S/C29H38Cl2N2O5/c1-28(2,3)14-25-29(17-32,19-7-9-20(30)10-8-19)26(18-5-4-6-21(31)13-18)22(15-34)33(25)12-11-23(36)27(38)24(37)16-35/h4-10,13,22-27,34-38H,11-12,14-16H2,1-3H3/t22-,23?,24+,25-,26-,27-,29-/m0/s1. The third-order valence-electron chi connectivity index (χ3n) is 7.59. The first-order chi connectivity index (χ1) is 17.9. The maximum atomic E-state index is 11.0. The highest BCUT2D eigenvalue weighted by Gasteiger charge is 2.61. The van der Waals surface area contributed by atoms with Crippen LogP contribution in [0.1, 0.15) is 50.7 Å². The topological polar surface area (TPSA) is 128 Å². The molecule has 2 aromatic rings. The average molecular weight is 566 g/mol. The number of nitriles is 1. The van der Waals surface area contributed by atoms with Crippen molar-refractivity contribution in [2.45, 2.75) is 75.3 Å². The van der Waals surface area contributed by atoms with Gasteiger partial charge in [-0.1, -0.05) is 68.2 Å². The summed E-state index contributed by atoms with van der Waals surface area (Å²) in [6, 6.07) is 16.3. The molecule has 0 radical (unpaired) electrons. The van der Waals surface area contributed by atoms with Gasteiger partial charge in [0.25, 0.3) is 0 Å². The molecule has 7 nitrogen and oxygen atoms in total. The molecular weight excluding hydrogens is 527 g/mol. The Kier molecular flexibility index (Phi) is 10.2. The van der Waals surface area contributed by atoms with E-state index in [1.165, 1.54) is 0 Å². The third-order valence-corrected chi connectivity index (χ3v) is 8.08. The molecule has 0 aliphatic carbocycles. The Balaban J connectivity index is 2.20. The summed E-state index contributed by atoms with van der Waals surface area (Å²) in [5.41, 5.74) is 0.266. The molecule has 3 rings (SSSR count). The number of nitrogens with zero attached hydrogens (tertiary/aromatic N) is 2. The molecule has 1 saturated heterocycles. The van der Waals surface area contributed by atoms with E-state index >= 15 is 0 Å². The Hall–Kier alpha value is -1.73. The highest BCUT2D eigenvalue weighted by Crippen LogP contribution is 2.55. The van der Waals surface area contributed by atoms with Crippen molar-refractivity contribution in [3.63, 3.8) is 0 Å². The van der Waals surface area contributed by atoms with Crippen LogP contribution in [0, 0.1) is 16.7 Å². The molecule has 0 aromatic heterocycles. The smallest absolute Gasteiger partial charge is 0.108 e. The molecular formula is C29H38Cl2N2O5. The Labute approximate surface area is 234 Å². The molecule has 0 amide bonds. The van der Waals surface area contributed by atoms with Crippen molar-refractivity contribution in [3.05, 3.63) is 69.7 Å². The number of likely N-dealkylation sites (tertiary alicyclic amines) is 1. The lowest BCUT2D eigenvalue weighted by atomic mass is 9.63. The Morgan fingerprint density at radius 1 is 1.00 bits per heavy atom. The summed E-state index contributed by atoms with van der Waals surface area (Å²) in [6.45, 7) is 5.56. The van der Waals surface area contributed by atoms with Gasteiger partial charge in [-0.15, -0.1) is 0 Å². The minimum atomic E-state index is -1.53. The Morgan fingerprint density at radius 3 is 2.18 bits per heavy atom. The predicted octanol–water partition coefficient (Wildman–Crippen LogP) is 3.48. The molecule has 7 atom stereocenters. The third kappa shape index (κ3) is 6.35. The van der Waals surface area contributed by atoms with Gasteiger partial charge in [-0.3, -0.25) is 4.90 Å². The van der Waals surface area contributed by atoms with Gasteiger partial charge in [-0.05, 0) is 53.6 Å². The van der Waals surface area contributed by atoms with Crippen molar-refractivity contribution in [1.82, 2.24) is 4.90 Å². The molecule has 0 saturated carbocycles. The van der Waals surface area contributed by atoms with E-state index in [1.807, 2.05) is 30.3 Å². The van der Waals surface area contributed by atoms with Crippen molar-refractivity contribution in [3.8, 4) is 6.07 Å². The van der Waals surface area contributed by atoms with Gasteiger partial charge in [-0.2, -0.15) is 5.26 Å². The van der Waals surface area contributed by atoms with Gasteiger partial charge in [0.1, 0.15) is 17.6 Å². The van der Waals surface area contributed by atoms with Crippen molar-refractivity contribution < 1.29 is 25.5 Å². The maximum Gasteiger partial charge on any atom is 0.108 e. The molecule has 9 heteroatoms. The monoisotopic (exact) mass is 564 g/mol.